The van der Waals surface area contributed by atoms with Crippen molar-refractivity contribution in [3.8, 4) is 17.0 Å². The van der Waals surface area contributed by atoms with Crippen LogP contribution in [0.25, 0.3) is 11.3 Å². The van der Waals surface area contributed by atoms with E-state index in [1.54, 1.807) is 12.1 Å². The minimum absolute atomic E-state index is 0.0151. The van der Waals surface area contributed by atoms with Gasteiger partial charge in [0.15, 0.2) is 5.69 Å². The first-order chi connectivity index (χ1) is 8.82. The Bertz CT molecular complexity index is 626. The molecule has 100 valence electrons. The number of amides is 1. The molecule has 0 unspecified atom stereocenters. The molecular weight excluding hydrogens is 244 g/mol. The number of phenols is 1. The Hall–Kier alpha value is -2.37. The first-order valence-electron chi connectivity index (χ1n) is 5.85. The van der Waals surface area contributed by atoms with Gasteiger partial charge in [0.25, 0.3) is 5.91 Å². The topological polar surface area (TPSA) is 105 Å². The summed E-state index contributed by atoms with van der Waals surface area (Å²) in [5.74, 6) is -0.601. The number of nitrogens with one attached hydrogen (secondary N) is 1. The zero-order valence-electron chi connectivity index (χ0n) is 11.1. The number of phenolic OH excluding ortho intramolecular Hbond substituents is 1. The average molecular weight is 260 g/mol. The van der Waals surface area contributed by atoms with E-state index in [4.69, 9.17) is 5.73 Å². The minimum atomic E-state index is -0.690. The van der Waals surface area contributed by atoms with Crippen LogP contribution in [0.4, 0.5) is 0 Å². The number of primary amides is 1. The van der Waals surface area contributed by atoms with Gasteiger partial charge < -0.3 is 10.8 Å². The maximum atomic E-state index is 11.3. The Morgan fingerprint density at radius 2 is 2.00 bits per heavy atom. The molecule has 1 aromatic heterocycles. The van der Waals surface area contributed by atoms with Gasteiger partial charge in [-0.25, -0.2) is 0 Å². The van der Waals surface area contributed by atoms with Crippen LogP contribution in [0.5, 0.6) is 5.75 Å². The highest BCUT2D eigenvalue weighted by molar-refractivity contribution is 5.97. The molecule has 1 aromatic carbocycles. The van der Waals surface area contributed by atoms with Gasteiger partial charge in [0.1, 0.15) is 11.4 Å². The van der Waals surface area contributed by atoms with Gasteiger partial charge in [0.2, 0.25) is 0 Å². The highest BCUT2D eigenvalue weighted by atomic mass is 16.3. The lowest BCUT2D eigenvalue weighted by Gasteiger charge is -2.21. The summed E-state index contributed by atoms with van der Waals surface area (Å²) in [6.45, 7) is 5.97. The molecule has 0 saturated carbocycles. The molecule has 0 bridgehead atoms. The van der Waals surface area contributed by atoms with Crippen LogP contribution in [-0.2, 0) is 5.41 Å². The van der Waals surface area contributed by atoms with E-state index in [9.17, 15) is 9.90 Å². The monoisotopic (exact) mass is 260 g/mol. The molecule has 1 heterocycles. The summed E-state index contributed by atoms with van der Waals surface area (Å²) in [7, 11) is 0. The van der Waals surface area contributed by atoms with Gasteiger partial charge in [-0.1, -0.05) is 32.9 Å². The fourth-order valence-corrected chi connectivity index (χ4v) is 1.93. The molecule has 4 N–H and O–H groups in total. The number of hydrogen-bond acceptors (Lipinski definition) is 4. The number of nitrogens with zero attached hydrogens (tertiary/aromatic N) is 2. The number of rotatable bonds is 2. The molecule has 0 fully saturated rings. The highest BCUT2D eigenvalue weighted by Gasteiger charge is 2.23. The van der Waals surface area contributed by atoms with Crippen molar-refractivity contribution in [2.75, 3.05) is 0 Å². The summed E-state index contributed by atoms with van der Waals surface area (Å²) in [6.07, 6.45) is 0. The Kier molecular flexibility index (Phi) is 3.01. The number of para-hydroxylation sites is 1. The zero-order valence-corrected chi connectivity index (χ0v) is 11.1. The number of aromatic nitrogens is 3. The molecule has 0 saturated heterocycles. The van der Waals surface area contributed by atoms with Gasteiger partial charge in [0.05, 0.1) is 0 Å². The smallest absolute Gasteiger partial charge is 0.271 e. The quantitative estimate of drug-likeness (QED) is 0.762. The number of aromatic hydroxyl groups is 1. The molecule has 1 amide bonds. The van der Waals surface area contributed by atoms with Crippen LogP contribution in [0.2, 0.25) is 0 Å². The molecule has 6 heteroatoms. The number of carbonyl (C=O) groups is 1. The van der Waals surface area contributed by atoms with Crippen molar-refractivity contribution in [2.24, 2.45) is 5.73 Å². The van der Waals surface area contributed by atoms with Gasteiger partial charge in [-0.05, 0) is 17.0 Å². The van der Waals surface area contributed by atoms with E-state index in [0.29, 0.717) is 5.56 Å². The molecule has 2 aromatic rings. The van der Waals surface area contributed by atoms with E-state index in [-0.39, 0.29) is 22.6 Å². The first-order valence-corrected chi connectivity index (χ1v) is 5.85. The number of aromatic amines is 1. The summed E-state index contributed by atoms with van der Waals surface area (Å²) in [5.41, 5.74) is 6.48. The normalized spacial score (nSPS) is 11.5. The molecule has 0 radical (unpaired) electrons. The third-order valence-corrected chi connectivity index (χ3v) is 2.88. The number of H-pyrrole nitrogens is 1. The standard InChI is InChI=1S/C13H16N4O2/c1-13(2,3)8-6-4-5-7(11(8)18)9-10(12(14)19)16-17-15-9/h4-6,18H,1-3H3,(H2,14,19)(H,15,16,17). The Morgan fingerprint density at radius 1 is 1.32 bits per heavy atom. The van der Waals surface area contributed by atoms with Crippen LogP contribution in [0, 0.1) is 0 Å². The second-order valence-electron chi connectivity index (χ2n) is 5.34. The molecule has 2 rings (SSSR count). The van der Waals surface area contributed by atoms with Gasteiger partial charge >= 0.3 is 0 Å². The molecule has 6 nitrogen and oxygen atoms in total. The van der Waals surface area contributed by atoms with E-state index >= 15 is 0 Å². The van der Waals surface area contributed by atoms with Gasteiger partial charge in [-0.2, -0.15) is 15.4 Å². The second kappa shape index (κ2) is 4.38. The maximum absolute atomic E-state index is 11.3. The van der Waals surface area contributed by atoms with Crippen LogP contribution in [0.1, 0.15) is 36.8 Å². The van der Waals surface area contributed by atoms with E-state index < -0.39 is 5.91 Å². The molecule has 0 aliphatic heterocycles. The molecule has 0 aliphatic carbocycles. The summed E-state index contributed by atoms with van der Waals surface area (Å²) >= 11 is 0. The largest absolute Gasteiger partial charge is 0.507 e. The Labute approximate surface area is 110 Å². The lowest BCUT2D eigenvalue weighted by Crippen LogP contribution is -2.14. The zero-order chi connectivity index (χ0) is 14.2. The summed E-state index contributed by atoms with van der Waals surface area (Å²) < 4.78 is 0. The third-order valence-electron chi connectivity index (χ3n) is 2.88. The third kappa shape index (κ3) is 2.29. The van der Waals surface area contributed by atoms with Crippen molar-refractivity contribution < 1.29 is 9.90 Å². The molecular formula is C13H16N4O2. The van der Waals surface area contributed by atoms with Gasteiger partial charge in [0, 0.05) is 5.56 Å². The van der Waals surface area contributed by atoms with Crippen molar-refractivity contribution in [1.29, 1.82) is 0 Å². The van der Waals surface area contributed by atoms with Gasteiger partial charge in [-0.3, -0.25) is 4.79 Å². The van der Waals surface area contributed by atoms with Crippen molar-refractivity contribution in [1.82, 2.24) is 15.4 Å². The fraction of sp³-hybridized carbons (Fsp3) is 0.308. The number of benzene rings is 1. The number of hydrogen-bond donors (Lipinski definition) is 3. The summed E-state index contributed by atoms with van der Waals surface area (Å²) in [5, 5.41) is 20.3. The van der Waals surface area contributed by atoms with Crippen molar-refractivity contribution in [2.45, 2.75) is 26.2 Å². The van der Waals surface area contributed by atoms with E-state index in [1.807, 2.05) is 26.8 Å². The molecule has 0 aliphatic rings. The summed E-state index contributed by atoms with van der Waals surface area (Å²) in [4.78, 5) is 11.3. The number of carbonyl (C=O) groups excluding carboxylic acids is 1. The van der Waals surface area contributed by atoms with Crippen molar-refractivity contribution >= 4 is 5.91 Å². The average Bonchev–Trinajstić information content (AvgIpc) is 2.76. The molecule has 0 spiro atoms. The van der Waals surface area contributed by atoms with E-state index in [0.717, 1.165) is 5.56 Å². The van der Waals surface area contributed by atoms with Crippen LogP contribution >= 0.6 is 0 Å². The van der Waals surface area contributed by atoms with Gasteiger partial charge in [-0.15, -0.1) is 0 Å². The predicted molar refractivity (Wildman–Crippen MR) is 70.7 cm³/mol. The van der Waals surface area contributed by atoms with Crippen LogP contribution in [0.3, 0.4) is 0 Å². The predicted octanol–water partition coefficient (Wildman–Crippen LogP) is 1.57. The van der Waals surface area contributed by atoms with Crippen LogP contribution in [-0.4, -0.2) is 26.4 Å². The Balaban J connectivity index is 2.64. The van der Waals surface area contributed by atoms with Crippen LogP contribution < -0.4 is 5.73 Å². The van der Waals surface area contributed by atoms with Crippen molar-refractivity contribution in [3.63, 3.8) is 0 Å². The fourth-order valence-electron chi connectivity index (χ4n) is 1.93. The van der Waals surface area contributed by atoms with E-state index in [2.05, 4.69) is 15.4 Å². The van der Waals surface area contributed by atoms with E-state index in [1.165, 1.54) is 0 Å². The lowest BCUT2D eigenvalue weighted by atomic mass is 9.85. The van der Waals surface area contributed by atoms with Crippen LogP contribution in [0.15, 0.2) is 18.2 Å². The Morgan fingerprint density at radius 3 is 2.58 bits per heavy atom. The minimum Gasteiger partial charge on any atom is -0.507 e. The number of nitrogens with two attached hydrogens (primary N) is 1. The maximum Gasteiger partial charge on any atom is 0.271 e. The lowest BCUT2D eigenvalue weighted by molar-refractivity contribution is 0.0996. The second-order valence-corrected chi connectivity index (χ2v) is 5.34. The SMILES string of the molecule is CC(C)(C)c1cccc(-c2n[nH]nc2C(N)=O)c1O. The van der Waals surface area contributed by atoms with Crippen molar-refractivity contribution in [3.05, 3.63) is 29.5 Å². The highest BCUT2D eigenvalue weighted by Crippen LogP contribution is 2.38. The summed E-state index contributed by atoms with van der Waals surface area (Å²) in [6, 6.07) is 5.31. The molecule has 19 heavy (non-hydrogen) atoms. The molecule has 0 atom stereocenters. The first kappa shape index (κ1) is 13.1.